The molecule has 0 aromatic carbocycles. The quantitative estimate of drug-likeness (QED) is 0.178. The number of carboxylic acids is 2. The molecule has 134 valence electrons. The Labute approximate surface area is 171 Å². The van der Waals surface area contributed by atoms with E-state index in [0.29, 0.717) is 0 Å². The zero-order valence-corrected chi connectivity index (χ0v) is 14.2. The topological polar surface area (TPSA) is 219 Å². The molecule has 0 unspecified atom stereocenters. The molecule has 0 fully saturated rings. The van der Waals surface area contributed by atoms with Crippen LogP contribution in [-0.4, -0.2) is 47.9 Å². The van der Waals surface area contributed by atoms with Crippen LogP contribution in [0.4, 0.5) is 0 Å². The van der Waals surface area contributed by atoms with E-state index < -0.39 is 73.6 Å². The Bertz CT molecular complexity index is 506. The van der Waals surface area contributed by atoms with Crippen LogP contribution in [-0.2, 0) is 38.2 Å². The number of ether oxygens (including phenoxy) is 2. The van der Waals surface area contributed by atoms with E-state index in [-0.39, 0.29) is 37.7 Å². The molecule has 2 atom stereocenters. The van der Waals surface area contributed by atoms with Crippen molar-refractivity contribution in [3.05, 3.63) is 0 Å². The van der Waals surface area contributed by atoms with Gasteiger partial charge >= 0.3 is 61.6 Å². The number of aliphatic carboxylic acids is 2. The van der Waals surface area contributed by atoms with E-state index in [4.69, 9.17) is 11.5 Å². The van der Waals surface area contributed by atoms with Crippen LogP contribution in [0.2, 0.25) is 0 Å². The maximum absolute atomic E-state index is 11.3. The van der Waals surface area contributed by atoms with E-state index in [1.807, 2.05) is 0 Å². The van der Waals surface area contributed by atoms with E-state index in [1.54, 1.807) is 0 Å². The Morgan fingerprint density at radius 1 is 0.692 bits per heavy atom. The van der Waals surface area contributed by atoms with E-state index in [0.717, 1.165) is 0 Å². The van der Waals surface area contributed by atoms with Crippen LogP contribution in [0.15, 0.2) is 0 Å². The Kier molecular flexibility index (Phi) is 16.2. The predicted molar refractivity (Wildman–Crippen MR) is 66.6 cm³/mol. The first-order chi connectivity index (χ1) is 11.0. The van der Waals surface area contributed by atoms with Gasteiger partial charge in [-0.2, -0.15) is 0 Å². The van der Waals surface area contributed by atoms with Gasteiger partial charge in [0.05, 0.1) is 0 Å². The first-order valence-corrected chi connectivity index (χ1v) is 6.47. The number of carbonyl (C=O) groups is 6. The van der Waals surface area contributed by atoms with E-state index in [1.165, 1.54) is 0 Å². The summed E-state index contributed by atoms with van der Waals surface area (Å²) in [6.45, 7) is 0. The molecule has 0 aliphatic heterocycles. The third-order valence-corrected chi connectivity index (χ3v) is 2.48. The molecule has 0 heterocycles. The normalized spacial score (nSPS) is 11.6. The van der Waals surface area contributed by atoms with E-state index in [9.17, 15) is 39.0 Å². The molecule has 0 saturated carbocycles. The van der Waals surface area contributed by atoms with Crippen molar-refractivity contribution < 1.29 is 86.2 Å². The minimum Gasteiger partial charge on any atom is -0.550 e. The van der Waals surface area contributed by atoms with Crippen LogP contribution in [0.25, 0.3) is 0 Å². The fourth-order valence-electron chi connectivity index (χ4n) is 1.20. The molecule has 12 nitrogen and oxygen atoms in total. The van der Waals surface area contributed by atoms with Crippen molar-refractivity contribution in [2.45, 2.75) is 37.8 Å². The number of carbonyl (C=O) groups excluding carboxylic acids is 6. The van der Waals surface area contributed by atoms with Crippen molar-refractivity contribution >= 4 is 35.8 Å². The summed E-state index contributed by atoms with van der Waals surface area (Å²) in [5, 5.41) is 20.4. The van der Waals surface area contributed by atoms with Gasteiger partial charge in [-0.05, 0) is 25.7 Å². The van der Waals surface area contributed by atoms with Gasteiger partial charge in [-0.1, -0.05) is 0 Å². The minimum atomic E-state index is -1.87. The van der Waals surface area contributed by atoms with Crippen molar-refractivity contribution in [3.8, 4) is 0 Å². The maximum Gasteiger partial charge on any atom is 1.00 e. The van der Waals surface area contributed by atoms with Gasteiger partial charge in [-0.15, -0.1) is 0 Å². The second kappa shape index (κ2) is 14.5. The number of rotatable bonds is 8. The summed E-state index contributed by atoms with van der Waals surface area (Å²) in [6, 6.07) is -3.03. The smallest absolute Gasteiger partial charge is 0.550 e. The molecule has 0 aliphatic rings. The van der Waals surface area contributed by atoms with Crippen LogP contribution in [0.1, 0.15) is 25.7 Å². The van der Waals surface area contributed by atoms with Crippen molar-refractivity contribution in [1.29, 1.82) is 0 Å². The molecule has 4 N–H and O–H groups in total. The van der Waals surface area contributed by atoms with Crippen molar-refractivity contribution in [2.75, 3.05) is 0 Å². The van der Waals surface area contributed by atoms with Gasteiger partial charge in [0.1, 0.15) is 12.1 Å². The zero-order valence-electron chi connectivity index (χ0n) is 14.2. The number of hydrogen-bond donors (Lipinski definition) is 2. The third-order valence-electron chi connectivity index (χ3n) is 2.48. The molecule has 26 heavy (non-hydrogen) atoms. The van der Waals surface area contributed by atoms with Crippen LogP contribution in [0.5, 0.6) is 0 Å². The SMILES string of the molecule is N[C@@H](CCC(=O)[O-])C(=O)OC(=O)C(=O)OC(=O)[C@@H](N)CCC(=O)[O-].[Li+].[Li+]. The second-order valence-corrected chi connectivity index (χ2v) is 4.45. The minimum absolute atomic E-state index is 0. The monoisotopic (exact) mass is 360 g/mol. The molecule has 0 radical (unpaired) electrons. The maximum atomic E-state index is 11.3. The molecule has 0 saturated heterocycles. The van der Waals surface area contributed by atoms with Crippen LogP contribution in [0, 0.1) is 0 Å². The molecule has 0 aromatic rings. The largest absolute Gasteiger partial charge is 1.00 e. The molecule has 0 rings (SSSR count). The summed E-state index contributed by atoms with van der Waals surface area (Å²) in [7, 11) is 0. The molecule has 0 aliphatic carbocycles. The molecular formula is C12H14Li2N2O10. The van der Waals surface area contributed by atoms with E-state index >= 15 is 0 Å². The van der Waals surface area contributed by atoms with E-state index in [2.05, 4.69) is 9.47 Å². The molecule has 0 aromatic heterocycles. The summed E-state index contributed by atoms with van der Waals surface area (Å²) < 4.78 is 7.99. The average Bonchev–Trinajstić information content (AvgIpc) is 2.49. The summed E-state index contributed by atoms with van der Waals surface area (Å²) >= 11 is 0. The van der Waals surface area contributed by atoms with Crippen LogP contribution < -0.4 is 59.4 Å². The number of nitrogens with two attached hydrogens (primary N) is 2. The van der Waals surface area contributed by atoms with Crippen molar-refractivity contribution in [2.24, 2.45) is 11.5 Å². The Morgan fingerprint density at radius 3 is 1.19 bits per heavy atom. The number of carboxylic acid groups (broad SMARTS) is 2. The summed E-state index contributed by atoms with van der Waals surface area (Å²) in [5.74, 6) is -9.53. The Balaban J connectivity index is -0.00000264. The molecule has 0 bridgehead atoms. The Morgan fingerprint density at radius 2 is 0.962 bits per heavy atom. The first kappa shape index (κ1) is 29.1. The predicted octanol–water partition coefficient (Wildman–Crippen LogP) is -11.2. The second-order valence-electron chi connectivity index (χ2n) is 4.45. The molecular weight excluding hydrogens is 346 g/mol. The van der Waals surface area contributed by atoms with Gasteiger partial charge in [-0.3, -0.25) is 0 Å². The fraction of sp³-hybridized carbons (Fsp3) is 0.500. The van der Waals surface area contributed by atoms with Crippen molar-refractivity contribution in [1.82, 2.24) is 0 Å². The molecule has 0 spiro atoms. The van der Waals surface area contributed by atoms with Gasteiger partial charge in [0, 0.05) is 11.9 Å². The van der Waals surface area contributed by atoms with Gasteiger partial charge in [0.25, 0.3) is 0 Å². The standard InChI is InChI=1S/C12H16N2O10.2Li/c13-5(1-3-7(15)16)9(19)23-11(21)12(22)24-10(20)6(14)2-4-8(17)18;;/h5-6H,1-4,13-14H2,(H,15,16)(H,17,18);;/q;2*+1/p-2/t5-,6-;;/m0../s1. The summed E-state index contributed by atoms with van der Waals surface area (Å²) in [4.78, 5) is 65.4. The van der Waals surface area contributed by atoms with Gasteiger partial charge < -0.3 is 40.7 Å². The third kappa shape index (κ3) is 12.7. The molecule has 0 amide bonds. The van der Waals surface area contributed by atoms with Crippen LogP contribution in [0.3, 0.4) is 0 Å². The van der Waals surface area contributed by atoms with Gasteiger partial charge in [-0.25, -0.2) is 19.2 Å². The van der Waals surface area contributed by atoms with Crippen molar-refractivity contribution in [3.63, 3.8) is 0 Å². The summed E-state index contributed by atoms with van der Waals surface area (Å²) in [5.41, 5.74) is 10.4. The average molecular weight is 360 g/mol. The zero-order chi connectivity index (χ0) is 18.9. The van der Waals surface area contributed by atoms with Gasteiger partial charge in [0.15, 0.2) is 0 Å². The summed E-state index contributed by atoms with van der Waals surface area (Å²) in [6.07, 6.45) is -1.98. The number of hydrogen-bond acceptors (Lipinski definition) is 12. The van der Waals surface area contributed by atoms with Gasteiger partial charge in [0.2, 0.25) is 0 Å². The number of esters is 4. The Hall–Kier alpha value is -1.67. The van der Waals surface area contributed by atoms with Crippen LogP contribution >= 0.6 is 0 Å². The fourth-order valence-corrected chi connectivity index (χ4v) is 1.20. The first-order valence-electron chi connectivity index (χ1n) is 6.47. The molecule has 14 heteroatoms.